The van der Waals surface area contributed by atoms with Crippen LogP contribution in [0.5, 0.6) is 0 Å². The summed E-state index contributed by atoms with van der Waals surface area (Å²) in [4.78, 5) is 0. The summed E-state index contributed by atoms with van der Waals surface area (Å²) in [5.74, 6) is 0. The monoisotopic (exact) mass is 322 g/mol. The van der Waals surface area contributed by atoms with E-state index in [9.17, 15) is 0 Å². The molecule has 0 N–H and O–H groups in total. The molecule has 0 aromatic heterocycles. The topological polar surface area (TPSA) is 0 Å². The normalized spacial score (nSPS) is 11.4. The van der Waals surface area contributed by atoms with Crippen molar-refractivity contribution in [1.29, 1.82) is 0 Å². The Morgan fingerprint density at radius 3 is 1.29 bits per heavy atom. The molecule has 88 valence electrons. The minimum atomic E-state index is -2.24. The van der Waals surface area contributed by atoms with E-state index in [2.05, 4.69) is 93.3 Å². The summed E-state index contributed by atoms with van der Waals surface area (Å²) in [6.07, 6.45) is 4.52. The van der Waals surface area contributed by atoms with Gasteiger partial charge < -0.3 is 0 Å². The molecule has 0 aliphatic carbocycles. The van der Waals surface area contributed by atoms with Crippen LogP contribution in [0.1, 0.15) is 0 Å². The van der Waals surface area contributed by atoms with Crippen molar-refractivity contribution in [2.45, 2.75) is 0 Å². The molecule has 0 spiro atoms. The van der Waals surface area contributed by atoms with Gasteiger partial charge >= 0.3 is 113 Å². The molecule has 3 heteroatoms. The van der Waals surface area contributed by atoms with Gasteiger partial charge in [0.05, 0.1) is 0 Å². The van der Waals surface area contributed by atoms with Crippen molar-refractivity contribution in [2.24, 2.45) is 0 Å². The van der Waals surface area contributed by atoms with E-state index >= 15 is 0 Å². The number of hydrogen-bond acceptors (Lipinski definition) is 2. The van der Waals surface area contributed by atoms with Gasteiger partial charge in [-0.25, -0.2) is 0 Å². The molecule has 0 unspecified atom stereocenters. The zero-order valence-corrected chi connectivity index (χ0v) is 13.8. The third-order valence-corrected chi connectivity index (χ3v) is 26.0. The Balaban J connectivity index is 2.54. The first kappa shape index (κ1) is 13.1. The molecule has 0 bridgehead atoms. The van der Waals surface area contributed by atoms with Crippen molar-refractivity contribution in [1.82, 2.24) is 0 Å². The third-order valence-electron chi connectivity index (χ3n) is 2.88. The fraction of sp³-hybridized carbons (Fsp3) is 0.143. The first-order chi connectivity index (χ1) is 8.33. The van der Waals surface area contributed by atoms with Crippen molar-refractivity contribution in [3.05, 3.63) is 60.7 Å². The van der Waals surface area contributed by atoms with Gasteiger partial charge in [0.15, 0.2) is 0 Å². The summed E-state index contributed by atoms with van der Waals surface area (Å²) in [5.41, 5.74) is 0. The third kappa shape index (κ3) is 2.59. The van der Waals surface area contributed by atoms with E-state index in [0.29, 0.717) is 0 Å². The van der Waals surface area contributed by atoms with E-state index in [-0.39, 0.29) is 0 Å². The fourth-order valence-corrected chi connectivity index (χ4v) is 18.9. The summed E-state index contributed by atoms with van der Waals surface area (Å²) in [5, 5.41) is 0. The van der Waals surface area contributed by atoms with Gasteiger partial charge in [-0.2, -0.15) is 0 Å². The van der Waals surface area contributed by atoms with Gasteiger partial charge in [-0.15, -0.1) is 0 Å². The Bertz CT molecular complexity index is 411. The molecule has 0 aliphatic heterocycles. The second-order valence-electron chi connectivity index (χ2n) is 3.76. The first-order valence-corrected chi connectivity index (χ1v) is 15.2. The first-order valence-electron chi connectivity index (χ1n) is 5.55. The van der Waals surface area contributed by atoms with Gasteiger partial charge in [-0.1, -0.05) is 0 Å². The zero-order chi connectivity index (χ0) is 12.1. The van der Waals surface area contributed by atoms with Crippen LogP contribution < -0.4 is 8.79 Å². The van der Waals surface area contributed by atoms with Crippen LogP contribution in [-0.2, 0) is 0 Å². The average molecular weight is 321 g/mol. The van der Waals surface area contributed by atoms with Gasteiger partial charge in [0.25, 0.3) is 0 Å². The summed E-state index contributed by atoms with van der Waals surface area (Å²) in [6.45, 7) is 0. The maximum absolute atomic E-state index is 2.29. The Hall–Kier alpha value is -0.317. The van der Waals surface area contributed by atoms with Crippen molar-refractivity contribution in [2.75, 3.05) is 12.5 Å². The number of rotatable bonds is 4. The molecule has 2 aromatic carbocycles. The quantitative estimate of drug-likeness (QED) is 0.794. The van der Waals surface area contributed by atoms with Crippen LogP contribution in [0.4, 0.5) is 0 Å². The van der Waals surface area contributed by atoms with Gasteiger partial charge in [-0.3, -0.25) is 0 Å². The zero-order valence-electron chi connectivity index (χ0n) is 10.1. The van der Waals surface area contributed by atoms with Crippen LogP contribution in [0.15, 0.2) is 60.7 Å². The Morgan fingerprint density at radius 2 is 1.00 bits per heavy atom. The van der Waals surface area contributed by atoms with E-state index in [4.69, 9.17) is 0 Å². The molecule has 0 saturated heterocycles. The molecule has 0 saturated carbocycles. The van der Waals surface area contributed by atoms with Crippen molar-refractivity contribution >= 4 is 39.9 Å². The summed E-state index contributed by atoms with van der Waals surface area (Å²) >= 11 is 0. The SMILES string of the molecule is C[S][Ge]([S]C)([c]1ccccc1)[c]1ccccc1. The maximum atomic E-state index is 2.29. The molecule has 2 aromatic rings. The van der Waals surface area contributed by atoms with E-state index < -0.39 is 11.0 Å². The fourth-order valence-electron chi connectivity index (χ4n) is 2.04. The van der Waals surface area contributed by atoms with Crippen LogP contribution in [0.3, 0.4) is 0 Å². The molecule has 2 rings (SSSR count). The second-order valence-corrected chi connectivity index (χ2v) is 22.4. The number of hydrogen-bond donors (Lipinski definition) is 0. The van der Waals surface area contributed by atoms with Crippen LogP contribution >= 0.6 is 20.2 Å². The van der Waals surface area contributed by atoms with Gasteiger partial charge in [0.1, 0.15) is 0 Å². The molecule has 0 nitrogen and oxygen atoms in total. The standard InChI is InChI=1S/C14H16GeS2/c1-16-15(17-2,13-9-5-3-6-10-13)14-11-7-4-8-12-14/h3-12H,1-2H3. The van der Waals surface area contributed by atoms with E-state index in [1.54, 1.807) is 8.79 Å². The number of benzene rings is 2. The van der Waals surface area contributed by atoms with Crippen LogP contribution in [-0.4, -0.2) is 23.5 Å². The minimum absolute atomic E-state index is 1.54. The second kappa shape index (κ2) is 6.03. The van der Waals surface area contributed by atoms with E-state index in [0.717, 1.165) is 0 Å². The molecular formula is C14H16GeS2. The van der Waals surface area contributed by atoms with Crippen molar-refractivity contribution in [3.8, 4) is 0 Å². The molecule has 0 amide bonds. The summed E-state index contributed by atoms with van der Waals surface area (Å²) in [7, 11) is 1.90. The summed E-state index contributed by atoms with van der Waals surface area (Å²) < 4.78 is 3.08. The van der Waals surface area contributed by atoms with Gasteiger partial charge in [0.2, 0.25) is 0 Å². The van der Waals surface area contributed by atoms with Crippen molar-refractivity contribution < 1.29 is 0 Å². The molecule has 0 heterocycles. The van der Waals surface area contributed by atoms with Crippen LogP contribution in [0.25, 0.3) is 0 Å². The molecular weight excluding hydrogens is 305 g/mol. The molecule has 17 heavy (non-hydrogen) atoms. The van der Waals surface area contributed by atoms with Gasteiger partial charge in [-0.05, 0) is 0 Å². The Labute approximate surface area is 113 Å². The summed E-state index contributed by atoms with van der Waals surface area (Å²) in [6, 6.07) is 22.0. The average Bonchev–Trinajstić information content (AvgIpc) is 2.43. The van der Waals surface area contributed by atoms with Crippen LogP contribution in [0.2, 0.25) is 0 Å². The molecule has 0 radical (unpaired) electrons. The van der Waals surface area contributed by atoms with E-state index in [1.165, 1.54) is 0 Å². The predicted molar refractivity (Wildman–Crippen MR) is 84.9 cm³/mol. The Morgan fingerprint density at radius 1 is 0.647 bits per heavy atom. The van der Waals surface area contributed by atoms with Crippen molar-refractivity contribution in [3.63, 3.8) is 0 Å². The molecule has 0 fully saturated rings. The predicted octanol–water partition coefficient (Wildman–Crippen LogP) is 2.97. The Kier molecular flexibility index (Phi) is 4.65. The van der Waals surface area contributed by atoms with E-state index in [1.807, 2.05) is 0 Å². The molecule has 0 atom stereocenters. The van der Waals surface area contributed by atoms with Crippen LogP contribution in [0, 0.1) is 0 Å². The molecule has 0 aliphatic rings. The van der Waals surface area contributed by atoms with Gasteiger partial charge in [0, 0.05) is 0 Å².